The Morgan fingerprint density at radius 3 is 2.68 bits per heavy atom. The first-order valence-corrected chi connectivity index (χ1v) is 11.6. The SMILES string of the molecule is CCNC(=NCc1ccnc(-n2cccn2)c1)NCC(c1ccccc1OC)N1CCCC1.I. The van der Waals surface area contributed by atoms with Crippen LogP contribution in [0.3, 0.4) is 0 Å². The van der Waals surface area contributed by atoms with E-state index in [2.05, 4.69) is 44.7 Å². The molecule has 0 saturated carbocycles. The molecule has 1 aliphatic heterocycles. The summed E-state index contributed by atoms with van der Waals surface area (Å²) in [5.74, 6) is 2.52. The first-order valence-electron chi connectivity index (χ1n) is 11.6. The number of halogens is 1. The third kappa shape index (κ3) is 6.69. The third-order valence-corrected chi connectivity index (χ3v) is 5.86. The smallest absolute Gasteiger partial charge is 0.191 e. The van der Waals surface area contributed by atoms with Gasteiger partial charge in [-0.2, -0.15) is 5.10 Å². The lowest BCUT2D eigenvalue weighted by molar-refractivity contribution is 0.239. The molecular formula is C25H34IN7O. The van der Waals surface area contributed by atoms with Gasteiger partial charge in [0, 0.05) is 37.2 Å². The van der Waals surface area contributed by atoms with Gasteiger partial charge in [-0.1, -0.05) is 18.2 Å². The molecule has 0 radical (unpaired) electrons. The minimum absolute atomic E-state index is 0. The van der Waals surface area contributed by atoms with E-state index in [9.17, 15) is 0 Å². The number of ether oxygens (including phenoxy) is 1. The maximum absolute atomic E-state index is 5.67. The first-order chi connectivity index (χ1) is 16.3. The standard InChI is InChI=1S/C25H33N7O.HI/c1-3-26-25(28-18-20-11-13-27-24(17-20)32-16-8-12-30-32)29-19-22(31-14-6-7-15-31)21-9-4-5-10-23(21)33-2;/h4-5,8-13,16-17,22H,3,6-7,14-15,18-19H2,1-2H3,(H2,26,28,29);1H. The van der Waals surface area contributed by atoms with Gasteiger partial charge in [-0.05, 0) is 62.7 Å². The summed E-state index contributed by atoms with van der Waals surface area (Å²) in [4.78, 5) is 11.8. The second-order valence-electron chi connectivity index (χ2n) is 8.05. The van der Waals surface area contributed by atoms with E-state index in [0.29, 0.717) is 6.54 Å². The largest absolute Gasteiger partial charge is 0.496 e. The van der Waals surface area contributed by atoms with Gasteiger partial charge in [-0.3, -0.25) is 4.90 Å². The Kier molecular flexibility index (Phi) is 10.1. The highest BCUT2D eigenvalue weighted by Crippen LogP contribution is 2.31. The lowest BCUT2D eigenvalue weighted by Gasteiger charge is -2.30. The van der Waals surface area contributed by atoms with E-state index in [1.54, 1.807) is 24.2 Å². The van der Waals surface area contributed by atoms with E-state index in [1.807, 2.05) is 36.5 Å². The minimum Gasteiger partial charge on any atom is -0.496 e. The summed E-state index contributed by atoms with van der Waals surface area (Å²) in [6, 6.07) is 14.4. The second kappa shape index (κ2) is 13.3. The van der Waals surface area contributed by atoms with Crippen LogP contribution in [0.2, 0.25) is 0 Å². The molecule has 0 spiro atoms. The van der Waals surface area contributed by atoms with E-state index in [4.69, 9.17) is 9.73 Å². The Bertz CT molecular complexity index is 1040. The van der Waals surface area contributed by atoms with Gasteiger partial charge < -0.3 is 15.4 Å². The number of pyridine rings is 1. The molecule has 0 bridgehead atoms. The van der Waals surface area contributed by atoms with Crippen molar-refractivity contribution in [3.63, 3.8) is 0 Å². The molecule has 0 aliphatic carbocycles. The number of rotatable bonds is 9. The van der Waals surface area contributed by atoms with E-state index in [0.717, 1.165) is 49.3 Å². The minimum atomic E-state index is 0. The molecule has 1 atom stereocenters. The third-order valence-electron chi connectivity index (χ3n) is 5.86. The van der Waals surface area contributed by atoms with E-state index >= 15 is 0 Å². The molecule has 3 aromatic rings. The van der Waals surface area contributed by atoms with Crippen LogP contribution >= 0.6 is 24.0 Å². The molecular weight excluding hydrogens is 541 g/mol. The highest BCUT2D eigenvalue weighted by atomic mass is 127. The Balaban J connectivity index is 0.00000324. The normalized spacial score (nSPS) is 14.9. The van der Waals surface area contributed by atoms with Crippen molar-refractivity contribution in [2.75, 3.05) is 33.3 Å². The summed E-state index contributed by atoms with van der Waals surface area (Å²) in [6.45, 7) is 6.38. The van der Waals surface area contributed by atoms with E-state index in [-0.39, 0.29) is 30.0 Å². The Morgan fingerprint density at radius 1 is 1.12 bits per heavy atom. The van der Waals surface area contributed by atoms with Crippen molar-refractivity contribution in [1.29, 1.82) is 0 Å². The van der Waals surface area contributed by atoms with Crippen LogP contribution in [0, 0.1) is 0 Å². The van der Waals surface area contributed by atoms with Gasteiger partial charge in [-0.15, -0.1) is 24.0 Å². The highest BCUT2D eigenvalue weighted by Gasteiger charge is 2.26. The number of nitrogens with one attached hydrogen (secondary N) is 2. The van der Waals surface area contributed by atoms with Crippen molar-refractivity contribution in [3.8, 4) is 11.6 Å². The summed E-state index contributed by atoms with van der Waals surface area (Å²) in [7, 11) is 1.74. The van der Waals surface area contributed by atoms with Gasteiger partial charge in [0.15, 0.2) is 11.8 Å². The highest BCUT2D eigenvalue weighted by molar-refractivity contribution is 14.0. The predicted molar refractivity (Wildman–Crippen MR) is 146 cm³/mol. The number of likely N-dealkylation sites (tertiary alicyclic amines) is 1. The summed E-state index contributed by atoms with van der Waals surface area (Å²) in [6.07, 6.45) is 7.91. The van der Waals surface area contributed by atoms with Crippen LogP contribution in [0.25, 0.3) is 5.82 Å². The van der Waals surface area contributed by atoms with Gasteiger partial charge in [0.25, 0.3) is 0 Å². The Morgan fingerprint density at radius 2 is 1.94 bits per heavy atom. The van der Waals surface area contributed by atoms with Crippen LogP contribution in [-0.2, 0) is 6.54 Å². The average molecular weight is 575 g/mol. The topological polar surface area (TPSA) is 79.6 Å². The predicted octanol–water partition coefficient (Wildman–Crippen LogP) is 3.79. The molecule has 1 fully saturated rings. The summed E-state index contributed by atoms with van der Waals surface area (Å²) >= 11 is 0. The molecule has 9 heteroatoms. The summed E-state index contributed by atoms with van der Waals surface area (Å²) < 4.78 is 7.43. The summed E-state index contributed by atoms with van der Waals surface area (Å²) in [5, 5.41) is 11.2. The van der Waals surface area contributed by atoms with Crippen molar-refractivity contribution < 1.29 is 4.74 Å². The monoisotopic (exact) mass is 575 g/mol. The number of aliphatic imine (C=N–C) groups is 1. The lowest BCUT2D eigenvalue weighted by Crippen LogP contribution is -2.42. The van der Waals surface area contributed by atoms with Crippen LogP contribution in [0.5, 0.6) is 5.75 Å². The van der Waals surface area contributed by atoms with Gasteiger partial charge >= 0.3 is 0 Å². The van der Waals surface area contributed by atoms with Crippen molar-refractivity contribution in [3.05, 3.63) is 72.2 Å². The number of hydrogen-bond acceptors (Lipinski definition) is 5. The molecule has 1 aromatic carbocycles. The van der Waals surface area contributed by atoms with Gasteiger partial charge in [0.05, 0.1) is 19.7 Å². The average Bonchev–Trinajstić information content (AvgIpc) is 3.58. The lowest BCUT2D eigenvalue weighted by atomic mass is 10.0. The van der Waals surface area contributed by atoms with Gasteiger partial charge in [0.1, 0.15) is 5.75 Å². The maximum atomic E-state index is 5.67. The molecule has 8 nitrogen and oxygen atoms in total. The second-order valence-corrected chi connectivity index (χ2v) is 8.05. The molecule has 0 amide bonds. The number of hydrogen-bond donors (Lipinski definition) is 2. The van der Waals surface area contributed by atoms with Crippen LogP contribution in [0.15, 0.2) is 66.0 Å². The number of nitrogens with zero attached hydrogens (tertiary/aromatic N) is 5. The van der Waals surface area contributed by atoms with Gasteiger partial charge in [0.2, 0.25) is 0 Å². The zero-order chi connectivity index (χ0) is 22.9. The van der Waals surface area contributed by atoms with Crippen LogP contribution in [-0.4, -0.2) is 58.9 Å². The fourth-order valence-corrected chi connectivity index (χ4v) is 4.22. The molecule has 2 N–H and O–H groups in total. The number of aromatic nitrogens is 3. The van der Waals surface area contributed by atoms with Crippen molar-refractivity contribution in [2.45, 2.75) is 32.4 Å². The molecule has 1 unspecified atom stereocenters. The van der Waals surface area contributed by atoms with Crippen molar-refractivity contribution in [1.82, 2.24) is 30.3 Å². The molecule has 34 heavy (non-hydrogen) atoms. The molecule has 4 rings (SSSR count). The quantitative estimate of drug-likeness (QED) is 0.230. The van der Waals surface area contributed by atoms with Crippen LogP contribution < -0.4 is 15.4 Å². The zero-order valence-corrected chi connectivity index (χ0v) is 22.2. The van der Waals surface area contributed by atoms with Crippen LogP contribution in [0.1, 0.15) is 36.9 Å². The fraction of sp³-hybridized carbons (Fsp3) is 0.400. The number of benzene rings is 1. The van der Waals surface area contributed by atoms with Crippen molar-refractivity contribution in [2.24, 2.45) is 4.99 Å². The fourth-order valence-electron chi connectivity index (χ4n) is 4.22. The van der Waals surface area contributed by atoms with Crippen LogP contribution in [0.4, 0.5) is 0 Å². The Labute approximate surface area is 218 Å². The van der Waals surface area contributed by atoms with E-state index in [1.165, 1.54) is 18.4 Å². The number of methoxy groups -OCH3 is 1. The van der Waals surface area contributed by atoms with E-state index < -0.39 is 0 Å². The molecule has 2 aromatic heterocycles. The van der Waals surface area contributed by atoms with Crippen molar-refractivity contribution >= 4 is 29.9 Å². The maximum Gasteiger partial charge on any atom is 0.191 e. The molecule has 182 valence electrons. The number of para-hydroxylation sites is 1. The number of guanidine groups is 1. The zero-order valence-electron chi connectivity index (χ0n) is 19.9. The van der Waals surface area contributed by atoms with Gasteiger partial charge in [-0.25, -0.2) is 14.7 Å². The first kappa shape index (κ1) is 26.0. The Hall–Kier alpha value is -2.66. The molecule has 1 saturated heterocycles. The molecule has 3 heterocycles. The summed E-state index contributed by atoms with van der Waals surface area (Å²) in [5.41, 5.74) is 2.29. The molecule has 1 aliphatic rings.